The van der Waals surface area contributed by atoms with Crippen molar-refractivity contribution in [2.75, 3.05) is 6.61 Å². The number of nitrogens with one attached hydrogen (secondary N) is 1. The predicted molar refractivity (Wildman–Crippen MR) is 71.3 cm³/mol. The molecule has 0 unspecified atom stereocenters. The second-order valence-electron chi connectivity index (χ2n) is 5.06. The summed E-state index contributed by atoms with van der Waals surface area (Å²) in [5.74, 6) is -3.85. The maximum absolute atomic E-state index is 12.7. The fourth-order valence-electron chi connectivity index (χ4n) is 2.26. The third-order valence-electron chi connectivity index (χ3n) is 3.36. The third kappa shape index (κ3) is 4.23. The van der Waals surface area contributed by atoms with Crippen molar-refractivity contribution in [3.8, 4) is 0 Å². The molecule has 0 bridgehead atoms. The van der Waals surface area contributed by atoms with Crippen LogP contribution in [0.4, 0.5) is 17.6 Å². The average molecular weight is 324 g/mol. The number of hydrogen-bond acceptors (Lipinski definition) is 3. The van der Waals surface area contributed by atoms with Gasteiger partial charge in [0.15, 0.2) is 0 Å². The van der Waals surface area contributed by atoms with E-state index in [1.807, 2.05) is 0 Å². The molecular weight excluding hydrogens is 308 g/mol. The van der Waals surface area contributed by atoms with E-state index >= 15 is 0 Å². The predicted octanol–water partition coefficient (Wildman–Crippen LogP) is 3.83. The molecule has 1 aromatic rings. The largest absolute Gasteiger partial charge is 0.367 e. The van der Waals surface area contributed by atoms with E-state index in [0.29, 0.717) is 10.5 Å². The van der Waals surface area contributed by atoms with Crippen LogP contribution in [0.1, 0.15) is 36.3 Å². The summed E-state index contributed by atoms with van der Waals surface area (Å²) in [7, 11) is 0. The molecule has 21 heavy (non-hydrogen) atoms. The Hall–Kier alpha value is -1.02. The maximum Gasteiger partial charge on any atom is 0.330 e. The summed E-state index contributed by atoms with van der Waals surface area (Å²) >= 11 is 5.20. The first-order chi connectivity index (χ1) is 9.90. The molecule has 0 aromatic carbocycles. The molecule has 118 valence electrons. The lowest BCUT2D eigenvalue weighted by Crippen LogP contribution is -2.32. The lowest BCUT2D eigenvalue weighted by atomic mass is 10.1. The quantitative estimate of drug-likeness (QED) is 0.508. The summed E-state index contributed by atoms with van der Waals surface area (Å²) in [4.78, 5) is 7.12. The number of aromatic nitrogens is 2. The van der Waals surface area contributed by atoms with E-state index in [4.69, 9.17) is 12.2 Å². The van der Waals surface area contributed by atoms with Gasteiger partial charge in [0.25, 0.3) is 0 Å². The van der Waals surface area contributed by atoms with Gasteiger partial charge in [0.1, 0.15) is 23.7 Å². The van der Waals surface area contributed by atoms with Gasteiger partial charge in [-0.1, -0.05) is 18.6 Å². The fraction of sp³-hybridized carbons (Fsp3) is 0.692. The molecule has 0 radical (unpaired) electrons. The molecule has 1 aliphatic carbocycles. The van der Waals surface area contributed by atoms with Gasteiger partial charge in [-0.15, -0.1) is 0 Å². The molecule has 0 fully saturated rings. The maximum atomic E-state index is 12.7. The van der Waals surface area contributed by atoms with E-state index in [1.54, 1.807) is 0 Å². The smallest absolute Gasteiger partial charge is 0.330 e. The topological polar surface area (TPSA) is 37.9 Å². The van der Waals surface area contributed by atoms with Crippen molar-refractivity contribution >= 4 is 12.2 Å². The Kier molecular flexibility index (Phi) is 5.32. The first kappa shape index (κ1) is 16.4. The third-order valence-corrected chi connectivity index (χ3v) is 3.70. The number of fused-ring (bicyclic) bond motifs is 1. The molecule has 1 heterocycles. The zero-order valence-corrected chi connectivity index (χ0v) is 12.1. The Balaban J connectivity index is 2.03. The molecule has 3 nitrogen and oxygen atoms in total. The first-order valence-corrected chi connectivity index (χ1v) is 7.15. The van der Waals surface area contributed by atoms with Gasteiger partial charge >= 0.3 is 12.3 Å². The molecular formula is C13H16F4N2OS. The van der Waals surface area contributed by atoms with Crippen LogP contribution < -0.4 is 0 Å². The zero-order valence-electron chi connectivity index (χ0n) is 11.3. The molecule has 0 saturated carbocycles. The van der Waals surface area contributed by atoms with Crippen LogP contribution in [0.5, 0.6) is 0 Å². The number of nitrogens with zero attached hydrogens (tertiary/aromatic N) is 1. The summed E-state index contributed by atoms with van der Waals surface area (Å²) in [6, 6.07) is 0. The molecule has 0 spiro atoms. The van der Waals surface area contributed by atoms with Gasteiger partial charge in [0, 0.05) is 11.3 Å². The van der Waals surface area contributed by atoms with E-state index in [-0.39, 0.29) is 6.61 Å². The van der Waals surface area contributed by atoms with E-state index in [9.17, 15) is 17.6 Å². The molecule has 1 aliphatic rings. The number of halogens is 4. The minimum atomic E-state index is -4.15. The van der Waals surface area contributed by atoms with Crippen LogP contribution >= 0.6 is 12.2 Å². The van der Waals surface area contributed by atoms with E-state index in [0.717, 1.165) is 43.4 Å². The second-order valence-corrected chi connectivity index (χ2v) is 5.45. The summed E-state index contributed by atoms with van der Waals surface area (Å²) in [6.07, 6.45) is 1.10. The van der Waals surface area contributed by atoms with Crippen molar-refractivity contribution < 1.29 is 22.3 Å². The van der Waals surface area contributed by atoms with Crippen LogP contribution in [0.2, 0.25) is 0 Å². The van der Waals surface area contributed by atoms with Gasteiger partial charge in [-0.05, 0) is 25.7 Å². The highest BCUT2D eigenvalue weighted by molar-refractivity contribution is 7.71. The molecule has 0 amide bonds. The van der Waals surface area contributed by atoms with Gasteiger partial charge in [-0.25, -0.2) is 13.8 Å². The van der Waals surface area contributed by atoms with Crippen molar-refractivity contribution in [3.05, 3.63) is 21.7 Å². The van der Waals surface area contributed by atoms with Crippen molar-refractivity contribution in [2.24, 2.45) is 0 Å². The Labute approximate surface area is 124 Å². The fourth-order valence-corrected chi connectivity index (χ4v) is 2.60. The van der Waals surface area contributed by atoms with Gasteiger partial charge in [-0.2, -0.15) is 8.78 Å². The van der Waals surface area contributed by atoms with E-state index < -0.39 is 19.0 Å². The molecule has 2 rings (SSSR count). The van der Waals surface area contributed by atoms with Crippen LogP contribution in [-0.2, 0) is 24.2 Å². The van der Waals surface area contributed by atoms with Gasteiger partial charge in [0.2, 0.25) is 0 Å². The molecule has 1 N–H and O–H groups in total. The minimum absolute atomic E-state index is 0.292. The number of aromatic amines is 1. The van der Waals surface area contributed by atoms with E-state index in [2.05, 4.69) is 14.7 Å². The SMILES string of the molecule is FC(F)C(F)(F)COCc1nc(=S)c2c([nH]1)CCCCC2. The highest BCUT2D eigenvalue weighted by atomic mass is 32.1. The lowest BCUT2D eigenvalue weighted by Gasteiger charge is -2.15. The normalized spacial score (nSPS) is 15.9. The monoisotopic (exact) mass is 324 g/mol. The average Bonchev–Trinajstić information content (AvgIpc) is 2.64. The highest BCUT2D eigenvalue weighted by Crippen LogP contribution is 2.23. The Morgan fingerprint density at radius 1 is 1.24 bits per heavy atom. The van der Waals surface area contributed by atoms with Crippen LogP contribution in [0.15, 0.2) is 0 Å². The lowest BCUT2D eigenvalue weighted by molar-refractivity contribution is -0.168. The molecule has 0 atom stereocenters. The van der Waals surface area contributed by atoms with Crippen LogP contribution in [0, 0.1) is 4.64 Å². The van der Waals surface area contributed by atoms with Crippen molar-refractivity contribution in [1.82, 2.24) is 9.97 Å². The second kappa shape index (κ2) is 6.83. The van der Waals surface area contributed by atoms with Gasteiger partial charge in [-0.3, -0.25) is 0 Å². The number of ether oxygens (including phenoxy) is 1. The van der Waals surface area contributed by atoms with E-state index in [1.165, 1.54) is 0 Å². The summed E-state index contributed by atoms with van der Waals surface area (Å²) in [5.41, 5.74) is 1.94. The molecule has 8 heteroatoms. The van der Waals surface area contributed by atoms with Crippen LogP contribution in [0.3, 0.4) is 0 Å². The molecule has 0 aliphatic heterocycles. The van der Waals surface area contributed by atoms with Crippen molar-refractivity contribution in [2.45, 2.75) is 51.1 Å². The van der Waals surface area contributed by atoms with Gasteiger partial charge in [0.05, 0.1) is 0 Å². The summed E-state index contributed by atoms with van der Waals surface area (Å²) in [5, 5.41) is 0. The summed E-state index contributed by atoms with van der Waals surface area (Å²) < 4.78 is 54.6. The zero-order chi connectivity index (χ0) is 15.5. The van der Waals surface area contributed by atoms with Crippen molar-refractivity contribution in [3.63, 3.8) is 0 Å². The number of rotatable bonds is 5. The number of hydrogen-bond donors (Lipinski definition) is 1. The Morgan fingerprint density at radius 3 is 2.67 bits per heavy atom. The number of aryl methyl sites for hydroxylation is 1. The number of H-pyrrole nitrogens is 1. The van der Waals surface area contributed by atoms with Crippen molar-refractivity contribution in [1.29, 1.82) is 0 Å². The van der Waals surface area contributed by atoms with Crippen LogP contribution in [0.25, 0.3) is 0 Å². The summed E-state index contributed by atoms with van der Waals surface area (Å²) in [6.45, 7) is -1.64. The highest BCUT2D eigenvalue weighted by Gasteiger charge is 2.41. The number of alkyl halides is 4. The molecule has 1 aromatic heterocycles. The first-order valence-electron chi connectivity index (χ1n) is 6.75. The Morgan fingerprint density at radius 2 is 1.95 bits per heavy atom. The van der Waals surface area contributed by atoms with Crippen LogP contribution in [-0.4, -0.2) is 28.9 Å². The Bertz CT molecular complexity index is 547. The van der Waals surface area contributed by atoms with Gasteiger partial charge < -0.3 is 9.72 Å². The standard InChI is InChI=1S/C13H16F4N2OS/c14-12(15)13(16,17)7-20-6-10-18-9-5-3-1-2-4-8(9)11(21)19-10/h12H,1-7H2,(H,18,19,21). The molecule has 0 saturated heterocycles. The minimum Gasteiger partial charge on any atom is -0.367 e.